The van der Waals surface area contributed by atoms with E-state index in [4.69, 9.17) is 0 Å². The molecule has 1 aliphatic rings. The van der Waals surface area contributed by atoms with Gasteiger partial charge in [0.2, 0.25) is 5.91 Å². The summed E-state index contributed by atoms with van der Waals surface area (Å²) in [6, 6.07) is 8.77. The average Bonchev–Trinajstić information content (AvgIpc) is 2.48. The van der Waals surface area contributed by atoms with Crippen LogP contribution in [0.15, 0.2) is 30.3 Å². The number of hydrogen-bond donors (Lipinski definition) is 1. The lowest BCUT2D eigenvalue weighted by Crippen LogP contribution is -2.51. The average molecular weight is 274 g/mol. The largest absolute Gasteiger partial charge is 0.341 e. The fourth-order valence-electron chi connectivity index (χ4n) is 2.61. The number of piperidine rings is 1. The van der Waals surface area contributed by atoms with Crippen LogP contribution in [0.4, 0.5) is 0 Å². The van der Waals surface area contributed by atoms with E-state index in [9.17, 15) is 9.59 Å². The molecule has 1 aliphatic heterocycles. The number of carbonyl (C=O) groups excluding carboxylic acids is 2. The Morgan fingerprint density at radius 3 is 2.60 bits per heavy atom. The van der Waals surface area contributed by atoms with E-state index in [1.807, 2.05) is 23.1 Å². The zero-order valence-corrected chi connectivity index (χ0v) is 12.1. The van der Waals surface area contributed by atoms with Gasteiger partial charge in [-0.05, 0) is 45.2 Å². The summed E-state index contributed by atoms with van der Waals surface area (Å²) < 4.78 is 0. The van der Waals surface area contributed by atoms with E-state index in [1.54, 1.807) is 19.1 Å². The predicted molar refractivity (Wildman–Crippen MR) is 78.4 cm³/mol. The number of nitrogens with one attached hydrogen (secondary N) is 1. The van der Waals surface area contributed by atoms with E-state index in [0.29, 0.717) is 5.56 Å². The molecule has 1 saturated heterocycles. The van der Waals surface area contributed by atoms with Gasteiger partial charge in [0.15, 0.2) is 0 Å². The van der Waals surface area contributed by atoms with Crippen LogP contribution < -0.4 is 5.32 Å². The van der Waals surface area contributed by atoms with E-state index >= 15 is 0 Å². The number of rotatable bonds is 3. The Labute approximate surface area is 120 Å². The van der Waals surface area contributed by atoms with Crippen molar-refractivity contribution in [1.29, 1.82) is 0 Å². The summed E-state index contributed by atoms with van der Waals surface area (Å²) in [5.41, 5.74) is 0.582. The first-order chi connectivity index (χ1) is 9.59. The van der Waals surface area contributed by atoms with Crippen LogP contribution in [-0.4, -0.2) is 35.3 Å². The van der Waals surface area contributed by atoms with Crippen LogP contribution in [0, 0.1) is 0 Å². The van der Waals surface area contributed by atoms with Crippen LogP contribution in [0.1, 0.15) is 43.5 Å². The molecule has 2 unspecified atom stereocenters. The molecule has 1 fully saturated rings. The second-order valence-electron chi connectivity index (χ2n) is 5.44. The molecule has 0 aliphatic carbocycles. The molecule has 4 nitrogen and oxygen atoms in total. The van der Waals surface area contributed by atoms with Gasteiger partial charge in [0.1, 0.15) is 6.04 Å². The molecule has 0 saturated carbocycles. The Morgan fingerprint density at radius 1 is 1.25 bits per heavy atom. The minimum absolute atomic E-state index is 0.0153. The summed E-state index contributed by atoms with van der Waals surface area (Å²) >= 11 is 0. The third kappa shape index (κ3) is 3.38. The first-order valence-electron chi connectivity index (χ1n) is 7.26. The molecular weight excluding hydrogens is 252 g/mol. The molecule has 2 atom stereocenters. The quantitative estimate of drug-likeness (QED) is 0.918. The monoisotopic (exact) mass is 274 g/mol. The van der Waals surface area contributed by atoms with Crippen molar-refractivity contribution >= 4 is 11.8 Å². The maximum atomic E-state index is 12.4. The minimum Gasteiger partial charge on any atom is -0.341 e. The van der Waals surface area contributed by atoms with Crippen molar-refractivity contribution in [3.8, 4) is 0 Å². The van der Waals surface area contributed by atoms with Gasteiger partial charge in [-0.3, -0.25) is 9.59 Å². The first kappa shape index (κ1) is 14.6. The molecule has 108 valence electrons. The topological polar surface area (TPSA) is 49.4 Å². The molecule has 1 aromatic rings. The van der Waals surface area contributed by atoms with E-state index in [2.05, 4.69) is 12.2 Å². The van der Waals surface area contributed by atoms with Gasteiger partial charge in [-0.15, -0.1) is 0 Å². The predicted octanol–water partition coefficient (Wildman–Crippen LogP) is 2.21. The number of nitrogens with zero attached hydrogens (tertiary/aromatic N) is 1. The van der Waals surface area contributed by atoms with Crippen molar-refractivity contribution < 1.29 is 9.59 Å². The Balaban J connectivity index is 1.95. The number of benzene rings is 1. The maximum absolute atomic E-state index is 12.4. The lowest BCUT2D eigenvalue weighted by atomic mass is 10.0. The normalized spacial score (nSPS) is 20.3. The third-order valence-electron chi connectivity index (χ3n) is 3.84. The van der Waals surface area contributed by atoms with Crippen molar-refractivity contribution in [3.05, 3.63) is 35.9 Å². The highest BCUT2D eigenvalue weighted by atomic mass is 16.2. The lowest BCUT2D eigenvalue weighted by molar-refractivity contribution is -0.136. The van der Waals surface area contributed by atoms with Crippen LogP contribution in [0.3, 0.4) is 0 Å². The molecule has 0 spiro atoms. The lowest BCUT2D eigenvalue weighted by Gasteiger charge is -2.35. The third-order valence-corrected chi connectivity index (χ3v) is 3.84. The van der Waals surface area contributed by atoms with E-state index in [0.717, 1.165) is 19.4 Å². The summed E-state index contributed by atoms with van der Waals surface area (Å²) in [4.78, 5) is 26.3. The number of amides is 2. The fraction of sp³-hybridized carbons (Fsp3) is 0.500. The highest BCUT2D eigenvalue weighted by molar-refractivity contribution is 5.97. The summed E-state index contributed by atoms with van der Waals surface area (Å²) in [5.74, 6) is -0.183. The highest BCUT2D eigenvalue weighted by Gasteiger charge is 2.27. The van der Waals surface area contributed by atoms with Gasteiger partial charge in [-0.2, -0.15) is 0 Å². The first-order valence-corrected chi connectivity index (χ1v) is 7.26. The number of carbonyl (C=O) groups is 2. The smallest absolute Gasteiger partial charge is 0.251 e. The Bertz CT molecular complexity index is 473. The van der Waals surface area contributed by atoms with E-state index in [-0.39, 0.29) is 17.9 Å². The maximum Gasteiger partial charge on any atom is 0.251 e. The molecule has 0 bridgehead atoms. The number of hydrogen-bond acceptors (Lipinski definition) is 2. The van der Waals surface area contributed by atoms with Gasteiger partial charge in [0, 0.05) is 18.2 Å². The summed E-state index contributed by atoms with van der Waals surface area (Å²) in [6.07, 6.45) is 3.27. The van der Waals surface area contributed by atoms with Crippen LogP contribution in [0.25, 0.3) is 0 Å². The Hall–Kier alpha value is -1.84. The molecule has 1 aromatic carbocycles. The molecule has 0 radical (unpaired) electrons. The van der Waals surface area contributed by atoms with Gasteiger partial charge >= 0.3 is 0 Å². The standard InChI is InChI=1S/C16H22N2O2/c1-12-8-6-7-11-18(12)16(20)13(2)17-15(19)14-9-4-3-5-10-14/h3-5,9-10,12-13H,6-8,11H2,1-2H3,(H,17,19). The summed E-state index contributed by atoms with van der Waals surface area (Å²) in [5, 5.41) is 2.78. The van der Waals surface area contributed by atoms with Crippen molar-refractivity contribution in [2.75, 3.05) is 6.54 Å². The highest BCUT2D eigenvalue weighted by Crippen LogP contribution is 2.17. The molecule has 2 amide bonds. The molecular formula is C16H22N2O2. The zero-order valence-electron chi connectivity index (χ0n) is 12.1. The SMILES string of the molecule is CC(NC(=O)c1ccccc1)C(=O)N1CCCCC1C. The number of likely N-dealkylation sites (tertiary alicyclic amines) is 1. The van der Waals surface area contributed by atoms with Crippen molar-refractivity contribution in [2.24, 2.45) is 0 Å². The van der Waals surface area contributed by atoms with Crippen LogP contribution in [-0.2, 0) is 4.79 Å². The van der Waals surface area contributed by atoms with Gasteiger partial charge in [0.05, 0.1) is 0 Å². The van der Waals surface area contributed by atoms with Gasteiger partial charge < -0.3 is 10.2 Å². The van der Waals surface area contributed by atoms with Crippen LogP contribution in [0.5, 0.6) is 0 Å². The molecule has 4 heteroatoms. The minimum atomic E-state index is -0.483. The van der Waals surface area contributed by atoms with E-state index in [1.165, 1.54) is 6.42 Å². The van der Waals surface area contributed by atoms with Gasteiger partial charge in [-0.1, -0.05) is 18.2 Å². The Kier molecular flexibility index (Phi) is 4.77. The van der Waals surface area contributed by atoms with Gasteiger partial charge in [0.25, 0.3) is 5.91 Å². The van der Waals surface area contributed by atoms with E-state index < -0.39 is 6.04 Å². The zero-order chi connectivity index (χ0) is 14.5. The second-order valence-corrected chi connectivity index (χ2v) is 5.44. The van der Waals surface area contributed by atoms with Crippen LogP contribution in [0.2, 0.25) is 0 Å². The van der Waals surface area contributed by atoms with Crippen molar-refractivity contribution in [3.63, 3.8) is 0 Å². The van der Waals surface area contributed by atoms with Crippen LogP contribution >= 0.6 is 0 Å². The second kappa shape index (κ2) is 6.55. The Morgan fingerprint density at radius 2 is 1.95 bits per heavy atom. The molecule has 20 heavy (non-hydrogen) atoms. The summed E-state index contributed by atoms with van der Waals surface area (Å²) in [6.45, 7) is 4.62. The van der Waals surface area contributed by atoms with Crippen molar-refractivity contribution in [1.82, 2.24) is 10.2 Å². The summed E-state index contributed by atoms with van der Waals surface area (Å²) in [7, 11) is 0. The van der Waals surface area contributed by atoms with Crippen molar-refractivity contribution in [2.45, 2.75) is 45.2 Å². The molecule has 0 aromatic heterocycles. The fourth-order valence-corrected chi connectivity index (χ4v) is 2.61. The molecule has 1 N–H and O–H groups in total. The molecule has 2 rings (SSSR count). The molecule has 1 heterocycles. The van der Waals surface area contributed by atoms with Gasteiger partial charge in [-0.25, -0.2) is 0 Å².